The van der Waals surface area contributed by atoms with E-state index in [2.05, 4.69) is 95.6 Å². The Morgan fingerprint density at radius 3 is 2.15 bits per heavy atom. The molecule has 2 heterocycles. The van der Waals surface area contributed by atoms with Crippen molar-refractivity contribution in [2.75, 3.05) is 0 Å². The number of para-hydroxylation sites is 2. The van der Waals surface area contributed by atoms with Gasteiger partial charge in [-0.25, -0.2) is 0 Å². The van der Waals surface area contributed by atoms with Gasteiger partial charge in [0, 0.05) is 17.2 Å². The normalized spacial score (nSPS) is 14.1. The largest absolute Gasteiger partial charge is 0.309 e. The summed E-state index contributed by atoms with van der Waals surface area (Å²) >= 11 is 0. The minimum Gasteiger partial charge on any atom is -0.309 e. The number of fused-ring (bicyclic) bond motifs is 13. The average Bonchev–Trinajstić information content (AvgIpc) is 3.54. The van der Waals surface area contributed by atoms with Gasteiger partial charge in [-0.2, -0.15) is 0 Å². The maximum Gasteiger partial charge on any atom is 0.0576 e. The SMILES string of the molecule is c1ccc2c(c1)Cc1ccc3c(c1-2)-c1c(ccc2c1Cc1cccc4c5ccccc5n-2c14)C3. The fourth-order valence-electron chi connectivity index (χ4n) is 7.11. The van der Waals surface area contributed by atoms with Gasteiger partial charge in [0.2, 0.25) is 0 Å². The standard InChI is InChI=1S/C33H21N/c1-2-8-24-19(6-1)16-20-12-13-22-17-21-14-15-29-27(31(21)32(22)30(20)24)18-23-7-5-10-26-25-9-3-4-11-28(25)34(29)33(23)26/h1-15H,16-18H2. The van der Waals surface area contributed by atoms with Crippen LogP contribution in [0.4, 0.5) is 0 Å². The fourth-order valence-corrected chi connectivity index (χ4v) is 7.11. The minimum absolute atomic E-state index is 0.997. The lowest BCUT2D eigenvalue weighted by molar-refractivity contribution is 1.04. The molecule has 0 unspecified atom stereocenters. The van der Waals surface area contributed by atoms with Crippen molar-refractivity contribution in [1.82, 2.24) is 4.57 Å². The van der Waals surface area contributed by atoms with E-state index in [1.165, 1.54) is 83.1 Å². The van der Waals surface area contributed by atoms with Crippen LogP contribution in [-0.4, -0.2) is 4.57 Å². The molecule has 0 spiro atoms. The van der Waals surface area contributed by atoms with Gasteiger partial charge in [0.1, 0.15) is 0 Å². The molecule has 0 saturated carbocycles. The molecule has 0 fully saturated rings. The minimum atomic E-state index is 0.997. The van der Waals surface area contributed by atoms with E-state index < -0.39 is 0 Å². The van der Waals surface area contributed by atoms with Crippen LogP contribution in [0.5, 0.6) is 0 Å². The van der Waals surface area contributed by atoms with Gasteiger partial charge < -0.3 is 4.57 Å². The molecular formula is C33H21N. The van der Waals surface area contributed by atoms with Crippen LogP contribution in [0.15, 0.2) is 91.0 Å². The van der Waals surface area contributed by atoms with Crippen molar-refractivity contribution in [2.24, 2.45) is 0 Å². The van der Waals surface area contributed by atoms with Gasteiger partial charge in [-0.3, -0.25) is 0 Å². The highest BCUT2D eigenvalue weighted by atomic mass is 15.0. The smallest absolute Gasteiger partial charge is 0.0576 e. The Labute approximate surface area is 197 Å². The highest BCUT2D eigenvalue weighted by Crippen LogP contribution is 2.52. The third-order valence-corrected chi connectivity index (χ3v) is 8.44. The lowest BCUT2D eigenvalue weighted by Crippen LogP contribution is -2.09. The van der Waals surface area contributed by atoms with Crippen LogP contribution in [-0.2, 0) is 19.3 Å². The van der Waals surface area contributed by atoms with Crippen LogP contribution in [0.2, 0.25) is 0 Å². The monoisotopic (exact) mass is 431 g/mol. The van der Waals surface area contributed by atoms with Gasteiger partial charge in [0.25, 0.3) is 0 Å². The van der Waals surface area contributed by atoms with E-state index in [0.29, 0.717) is 0 Å². The Morgan fingerprint density at radius 2 is 1.18 bits per heavy atom. The number of aromatic nitrogens is 1. The Kier molecular flexibility index (Phi) is 3.00. The number of hydrogen-bond donors (Lipinski definition) is 0. The number of rotatable bonds is 0. The zero-order valence-corrected chi connectivity index (χ0v) is 18.7. The molecule has 0 atom stereocenters. The van der Waals surface area contributed by atoms with Gasteiger partial charge in [-0.1, -0.05) is 78.9 Å². The van der Waals surface area contributed by atoms with Crippen LogP contribution in [0.25, 0.3) is 49.7 Å². The Balaban J connectivity index is 1.42. The third-order valence-electron chi connectivity index (χ3n) is 8.44. The fraction of sp³-hybridized carbons (Fsp3) is 0.0909. The third kappa shape index (κ3) is 1.94. The van der Waals surface area contributed by atoms with E-state index in [-0.39, 0.29) is 0 Å². The average molecular weight is 432 g/mol. The molecule has 0 bridgehead atoms. The van der Waals surface area contributed by atoms with E-state index in [4.69, 9.17) is 0 Å². The van der Waals surface area contributed by atoms with Crippen LogP contribution in [0.3, 0.4) is 0 Å². The number of nitrogens with zero attached hydrogens (tertiary/aromatic N) is 1. The number of benzene rings is 5. The maximum absolute atomic E-state index is 2.54. The predicted octanol–water partition coefficient (Wildman–Crippen LogP) is 7.83. The van der Waals surface area contributed by atoms with Crippen molar-refractivity contribution in [3.05, 3.63) is 124 Å². The second kappa shape index (κ2) is 5.87. The van der Waals surface area contributed by atoms with Crippen molar-refractivity contribution in [1.29, 1.82) is 0 Å². The molecule has 2 aliphatic carbocycles. The lowest BCUT2D eigenvalue weighted by Gasteiger charge is -2.24. The predicted molar refractivity (Wildman–Crippen MR) is 140 cm³/mol. The van der Waals surface area contributed by atoms with E-state index >= 15 is 0 Å². The van der Waals surface area contributed by atoms with Crippen molar-refractivity contribution in [3.63, 3.8) is 0 Å². The van der Waals surface area contributed by atoms with Gasteiger partial charge in [-0.15, -0.1) is 0 Å². The topological polar surface area (TPSA) is 4.93 Å². The van der Waals surface area contributed by atoms with Crippen LogP contribution in [0.1, 0.15) is 33.4 Å². The molecule has 34 heavy (non-hydrogen) atoms. The molecule has 0 radical (unpaired) electrons. The van der Waals surface area contributed by atoms with Crippen molar-refractivity contribution >= 4 is 21.8 Å². The molecule has 1 aromatic heterocycles. The highest BCUT2D eigenvalue weighted by Gasteiger charge is 2.33. The molecule has 0 saturated heterocycles. The summed E-state index contributed by atoms with van der Waals surface area (Å²) in [6.45, 7) is 0. The maximum atomic E-state index is 2.54. The molecule has 1 aliphatic heterocycles. The number of hydrogen-bond acceptors (Lipinski definition) is 0. The second-order valence-electron chi connectivity index (χ2n) is 10.1. The molecular weight excluding hydrogens is 410 g/mol. The lowest BCUT2D eigenvalue weighted by atomic mass is 9.87. The summed E-state index contributed by atoms with van der Waals surface area (Å²) in [5.74, 6) is 0. The van der Waals surface area contributed by atoms with E-state index in [0.717, 1.165) is 19.3 Å². The summed E-state index contributed by atoms with van der Waals surface area (Å²) in [6, 6.07) is 34.3. The van der Waals surface area contributed by atoms with Crippen LogP contribution in [0, 0.1) is 0 Å². The van der Waals surface area contributed by atoms with Crippen molar-refractivity contribution < 1.29 is 0 Å². The molecule has 6 aromatic rings. The van der Waals surface area contributed by atoms with E-state index in [1.807, 2.05) is 0 Å². The first kappa shape index (κ1) is 17.4. The van der Waals surface area contributed by atoms with Crippen molar-refractivity contribution in [3.8, 4) is 27.9 Å². The van der Waals surface area contributed by atoms with Crippen LogP contribution >= 0.6 is 0 Å². The molecule has 1 heteroatoms. The van der Waals surface area contributed by atoms with Gasteiger partial charge in [0.05, 0.1) is 16.7 Å². The zero-order chi connectivity index (χ0) is 22.0. The van der Waals surface area contributed by atoms with E-state index in [1.54, 1.807) is 0 Å². The summed E-state index contributed by atoms with van der Waals surface area (Å²) in [6.07, 6.45) is 3.09. The van der Waals surface area contributed by atoms with Gasteiger partial charge >= 0.3 is 0 Å². The first-order valence-corrected chi connectivity index (χ1v) is 12.3. The molecule has 1 nitrogen and oxygen atoms in total. The first-order valence-electron chi connectivity index (χ1n) is 12.3. The quantitative estimate of drug-likeness (QED) is 0.231. The van der Waals surface area contributed by atoms with Gasteiger partial charge in [-0.05, 0) is 80.6 Å². The first-order chi connectivity index (χ1) is 16.9. The molecule has 3 aliphatic rings. The molecule has 9 rings (SSSR count). The highest BCUT2D eigenvalue weighted by molar-refractivity contribution is 6.11. The Bertz CT molecular complexity index is 1880. The summed E-state index contributed by atoms with van der Waals surface area (Å²) in [5.41, 5.74) is 18.8. The summed E-state index contributed by atoms with van der Waals surface area (Å²) < 4.78 is 2.54. The zero-order valence-electron chi connectivity index (χ0n) is 18.7. The Hall–Kier alpha value is -4.10. The van der Waals surface area contributed by atoms with Gasteiger partial charge in [0.15, 0.2) is 0 Å². The molecule has 158 valence electrons. The second-order valence-corrected chi connectivity index (χ2v) is 10.1. The summed E-state index contributed by atoms with van der Waals surface area (Å²) in [7, 11) is 0. The van der Waals surface area contributed by atoms with E-state index in [9.17, 15) is 0 Å². The molecule has 0 N–H and O–H groups in total. The molecule has 0 amide bonds. The van der Waals surface area contributed by atoms with Crippen LogP contribution < -0.4 is 0 Å². The van der Waals surface area contributed by atoms with Crippen molar-refractivity contribution in [2.45, 2.75) is 19.3 Å². The summed E-state index contributed by atoms with van der Waals surface area (Å²) in [4.78, 5) is 0. The Morgan fingerprint density at radius 1 is 0.471 bits per heavy atom. The summed E-state index contributed by atoms with van der Waals surface area (Å²) in [5, 5.41) is 2.72. The molecule has 5 aromatic carbocycles.